The van der Waals surface area contributed by atoms with Gasteiger partial charge in [-0.05, 0) is 24.5 Å². The molecule has 1 aromatic heterocycles. The van der Waals surface area contributed by atoms with Crippen LogP contribution in [0.3, 0.4) is 0 Å². The van der Waals surface area contributed by atoms with Crippen LogP contribution in [0.15, 0.2) is 28.6 Å². The summed E-state index contributed by atoms with van der Waals surface area (Å²) in [6, 6.07) is 7.72. The third-order valence-electron chi connectivity index (χ3n) is 4.20. The highest BCUT2D eigenvalue weighted by atomic mass is 35.5. The molecule has 0 bridgehead atoms. The van der Waals surface area contributed by atoms with Crippen LogP contribution in [0, 0.1) is 0 Å². The summed E-state index contributed by atoms with van der Waals surface area (Å²) in [4.78, 5) is 28.4. The highest BCUT2D eigenvalue weighted by molar-refractivity contribution is 8.00. The number of amides is 2. The molecule has 0 unspecified atom stereocenters. The van der Waals surface area contributed by atoms with Crippen molar-refractivity contribution in [3.63, 3.8) is 0 Å². The van der Waals surface area contributed by atoms with Crippen molar-refractivity contribution in [1.82, 2.24) is 15.1 Å². The summed E-state index contributed by atoms with van der Waals surface area (Å²) in [7, 11) is 0. The molecule has 0 aliphatic carbocycles. The van der Waals surface area contributed by atoms with E-state index >= 15 is 0 Å². The second kappa shape index (κ2) is 9.38. The maximum absolute atomic E-state index is 12.4. The summed E-state index contributed by atoms with van der Waals surface area (Å²) >= 11 is 8.84. The third-order valence-corrected chi connectivity index (χ3v) is 6.25. The van der Waals surface area contributed by atoms with E-state index in [0.29, 0.717) is 23.2 Å². The van der Waals surface area contributed by atoms with E-state index in [9.17, 15) is 9.59 Å². The lowest BCUT2D eigenvalue weighted by Gasteiger charge is -2.36. The number of hydrogen-bond acceptors (Lipinski definition) is 7. The van der Waals surface area contributed by atoms with E-state index in [-0.39, 0.29) is 24.7 Å². The van der Waals surface area contributed by atoms with Crippen molar-refractivity contribution >= 4 is 57.3 Å². The second-order valence-corrected chi connectivity index (χ2v) is 8.44. The summed E-state index contributed by atoms with van der Waals surface area (Å²) < 4.78 is 0.791. The average Bonchev–Trinajstić information content (AvgIpc) is 3.14. The lowest BCUT2D eigenvalue weighted by Crippen LogP contribution is -2.48. The Bertz CT molecular complexity index is 808. The van der Waals surface area contributed by atoms with Gasteiger partial charge < -0.3 is 15.1 Å². The predicted molar refractivity (Wildman–Crippen MR) is 110 cm³/mol. The van der Waals surface area contributed by atoms with E-state index in [2.05, 4.69) is 20.4 Å². The molecule has 1 aliphatic rings. The number of hydrogen-bond donors (Lipinski definition) is 1. The number of halogens is 1. The Labute approximate surface area is 171 Å². The fraction of sp³-hybridized carbons (Fsp3) is 0.412. The average molecular weight is 426 g/mol. The van der Waals surface area contributed by atoms with Gasteiger partial charge in [-0.25, -0.2) is 0 Å². The number of nitrogens with zero attached hydrogens (tertiary/aromatic N) is 4. The Balaban J connectivity index is 1.42. The van der Waals surface area contributed by atoms with E-state index < -0.39 is 0 Å². The van der Waals surface area contributed by atoms with Crippen molar-refractivity contribution in [2.24, 2.45) is 0 Å². The van der Waals surface area contributed by atoms with Gasteiger partial charge in [0.1, 0.15) is 0 Å². The molecule has 1 saturated heterocycles. The van der Waals surface area contributed by atoms with Gasteiger partial charge in [0, 0.05) is 49.7 Å². The van der Waals surface area contributed by atoms with Crippen molar-refractivity contribution in [3.05, 3.63) is 29.3 Å². The Morgan fingerprint density at radius 2 is 2.00 bits per heavy atom. The number of carbonyl (C=O) groups is 2. The lowest BCUT2D eigenvalue weighted by atomic mass is 10.2. The monoisotopic (exact) mass is 425 g/mol. The fourth-order valence-corrected chi connectivity index (χ4v) is 4.16. The minimum atomic E-state index is -0.218. The molecule has 1 aromatic carbocycles. The summed E-state index contributed by atoms with van der Waals surface area (Å²) in [6.45, 7) is 2.78. The Morgan fingerprint density at radius 1 is 1.22 bits per heavy atom. The molecule has 7 nitrogen and oxygen atoms in total. The van der Waals surface area contributed by atoms with E-state index in [1.165, 1.54) is 23.1 Å². The number of piperazine rings is 1. The minimum Gasteiger partial charge on any atom is -0.368 e. The van der Waals surface area contributed by atoms with Crippen molar-refractivity contribution in [3.8, 4) is 0 Å². The van der Waals surface area contributed by atoms with Gasteiger partial charge in [0.2, 0.25) is 16.9 Å². The first-order valence-electron chi connectivity index (χ1n) is 8.51. The number of benzene rings is 1. The largest absolute Gasteiger partial charge is 0.368 e. The molecule has 0 radical (unpaired) electrons. The molecule has 1 fully saturated rings. The Morgan fingerprint density at radius 3 is 2.67 bits per heavy atom. The maximum Gasteiger partial charge on any atom is 0.226 e. The van der Waals surface area contributed by atoms with Gasteiger partial charge >= 0.3 is 0 Å². The van der Waals surface area contributed by atoms with Gasteiger partial charge in [-0.1, -0.05) is 40.8 Å². The van der Waals surface area contributed by atoms with E-state index in [4.69, 9.17) is 11.6 Å². The van der Waals surface area contributed by atoms with E-state index in [1.54, 1.807) is 0 Å². The maximum atomic E-state index is 12.4. The van der Waals surface area contributed by atoms with Crippen LogP contribution in [0.5, 0.6) is 0 Å². The standard InChI is InChI=1S/C17H20ClN5O2S2/c1-26-17-21-20-16(27-17)19-14(24)5-6-15(25)23-9-7-22(8-10-23)13-4-2-3-12(18)11-13/h2-4,11H,5-10H2,1H3,(H,19,20,24). The number of nitrogens with one attached hydrogen (secondary N) is 1. The molecule has 27 heavy (non-hydrogen) atoms. The van der Waals surface area contributed by atoms with Gasteiger partial charge in [0.25, 0.3) is 0 Å². The molecule has 2 amide bonds. The highest BCUT2D eigenvalue weighted by Crippen LogP contribution is 2.23. The zero-order valence-corrected chi connectivity index (χ0v) is 17.2. The third kappa shape index (κ3) is 5.57. The Hall–Kier alpha value is -1.84. The molecule has 10 heteroatoms. The van der Waals surface area contributed by atoms with Crippen LogP contribution < -0.4 is 10.2 Å². The van der Waals surface area contributed by atoms with Crippen molar-refractivity contribution in [2.75, 3.05) is 42.7 Å². The van der Waals surface area contributed by atoms with Crippen molar-refractivity contribution in [2.45, 2.75) is 17.2 Å². The van der Waals surface area contributed by atoms with Crippen LogP contribution in [-0.2, 0) is 9.59 Å². The topological polar surface area (TPSA) is 78.4 Å². The molecule has 2 aromatic rings. The quantitative estimate of drug-likeness (QED) is 0.566. The predicted octanol–water partition coefficient (Wildman–Crippen LogP) is 2.98. The summed E-state index contributed by atoms with van der Waals surface area (Å²) in [5.41, 5.74) is 1.07. The smallest absolute Gasteiger partial charge is 0.226 e. The molecule has 1 aliphatic heterocycles. The SMILES string of the molecule is CSc1nnc(NC(=O)CCC(=O)N2CCN(c3cccc(Cl)c3)CC2)s1. The summed E-state index contributed by atoms with van der Waals surface area (Å²) in [6.07, 6.45) is 2.23. The zero-order valence-electron chi connectivity index (χ0n) is 14.9. The molecule has 0 spiro atoms. The number of rotatable bonds is 6. The minimum absolute atomic E-state index is 0.00189. The highest BCUT2D eigenvalue weighted by Gasteiger charge is 2.22. The van der Waals surface area contributed by atoms with Gasteiger partial charge in [0.15, 0.2) is 4.34 Å². The molecule has 1 N–H and O–H groups in total. The van der Waals surface area contributed by atoms with E-state index in [1.807, 2.05) is 35.4 Å². The first kappa shape index (κ1) is 19.9. The van der Waals surface area contributed by atoms with Crippen molar-refractivity contribution in [1.29, 1.82) is 0 Å². The van der Waals surface area contributed by atoms with Crippen molar-refractivity contribution < 1.29 is 9.59 Å². The number of thioether (sulfide) groups is 1. The molecule has 2 heterocycles. The first-order chi connectivity index (χ1) is 13.0. The molecule has 144 valence electrons. The van der Waals surface area contributed by atoms with Gasteiger partial charge in [0.05, 0.1) is 0 Å². The normalized spacial score (nSPS) is 14.3. The summed E-state index contributed by atoms with van der Waals surface area (Å²) in [5, 5.41) is 11.7. The number of carbonyl (C=O) groups excluding carboxylic acids is 2. The fourth-order valence-electron chi connectivity index (χ4n) is 2.79. The van der Waals surface area contributed by atoms with Gasteiger partial charge in [-0.3, -0.25) is 9.59 Å². The lowest BCUT2D eigenvalue weighted by molar-refractivity contribution is -0.133. The first-order valence-corrected chi connectivity index (χ1v) is 10.9. The van der Waals surface area contributed by atoms with Crippen LogP contribution in [-0.4, -0.2) is 59.3 Å². The van der Waals surface area contributed by atoms with Gasteiger partial charge in [-0.2, -0.15) is 0 Å². The Kier molecular flexibility index (Phi) is 6.92. The molecule has 3 rings (SSSR count). The summed E-state index contributed by atoms with van der Waals surface area (Å²) in [5.74, 6) is -0.220. The molecular formula is C17H20ClN5O2S2. The van der Waals surface area contributed by atoms with E-state index in [0.717, 1.165) is 23.1 Å². The number of anilines is 2. The number of aromatic nitrogens is 2. The van der Waals surface area contributed by atoms with Crippen LogP contribution >= 0.6 is 34.7 Å². The van der Waals surface area contributed by atoms with Crippen LogP contribution in [0.1, 0.15) is 12.8 Å². The zero-order chi connectivity index (χ0) is 19.2. The van der Waals surface area contributed by atoms with Crippen LogP contribution in [0.25, 0.3) is 0 Å². The second-order valence-electron chi connectivity index (χ2n) is 5.97. The van der Waals surface area contributed by atoms with Crippen LogP contribution in [0.2, 0.25) is 5.02 Å². The molecule has 0 atom stereocenters. The van der Waals surface area contributed by atoms with Crippen LogP contribution in [0.4, 0.5) is 10.8 Å². The molecule has 0 saturated carbocycles. The van der Waals surface area contributed by atoms with Gasteiger partial charge in [-0.15, -0.1) is 10.2 Å². The molecular weight excluding hydrogens is 406 g/mol.